The molecule has 0 atom stereocenters. The SMILES string of the molecule is Cc1c[nH]cc1CNC1(C(=O)OC(C)(C)C)CC1. The van der Waals surface area contributed by atoms with Crippen molar-refractivity contribution in [3.05, 3.63) is 23.5 Å². The molecule has 18 heavy (non-hydrogen) atoms. The molecule has 0 spiro atoms. The van der Waals surface area contributed by atoms with Gasteiger partial charge < -0.3 is 9.72 Å². The summed E-state index contributed by atoms with van der Waals surface area (Å²) in [5, 5.41) is 3.34. The molecular formula is C14H22N2O2. The summed E-state index contributed by atoms with van der Waals surface area (Å²) in [6.07, 6.45) is 5.66. The number of carbonyl (C=O) groups excluding carboxylic acids is 1. The number of aryl methyl sites for hydroxylation is 1. The molecule has 1 aromatic heterocycles. The van der Waals surface area contributed by atoms with Gasteiger partial charge in [0.1, 0.15) is 11.1 Å². The van der Waals surface area contributed by atoms with Gasteiger partial charge in [-0.3, -0.25) is 10.1 Å². The number of nitrogens with one attached hydrogen (secondary N) is 2. The zero-order chi connectivity index (χ0) is 13.4. The van der Waals surface area contributed by atoms with Gasteiger partial charge >= 0.3 is 5.97 Å². The van der Waals surface area contributed by atoms with Crippen LogP contribution in [0.4, 0.5) is 0 Å². The van der Waals surface area contributed by atoms with Gasteiger partial charge in [-0.15, -0.1) is 0 Å². The van der Waals surface area contributed by atoms with Gasteiger partial charge in [-0.25, -0.2) is 0 Å². The third-order valence-electron chi connectivity index (χ3n) is 3.22. The highest BCUT2D eigenvalue weighted by atomic mass is 16.6. The van der Waals surface area contributed by atoms with Crippen molar-refractivity contribution in [3.8, 4) is 0 Å². The predicted molar refractivity (Wildman–Crippen MR) is 70.2 cm³/mol. The molecule has 0 saturated heterocycles. The number of rotatable bonds is 4. The Morgan fingerprint density at radius 2 is 2.11 bits per heavy atom. The van der Waals surface area contributed by atoms with Crippen molar-refractivity contribution < 1.29 is 9.53 Å². The number of carbonyl (C=O) groups is 1. The molecule has 0 amide bonds. The monoisotopic (exact) mass is 250 g/mol. The molecule has 2 N–H and O–H groups in total. The average Bonchev–Trinajstić information content (AvgIpc) is 2.92. The highest BCUT2D eigenvalue weighted by Crippen LogP contribution is 2.38. The van der Waals surface area contributed by atoms with E-state index in [1.165, 1.54) is 11.1 Å². The van der Waals surface area contributed by atoms with Crippen LogP contribution in [0.15, 0.2) is 12.4 Å². The van der Waals surface area contributed by atoms with Gasteiger partial charge in [0.2, 0.25) is 0 Å². The Morgan fingerprint density at radius 1 is 1.44 bits per heavy atom. The molecule has 0 unspecified atom stereocenters. The van der Waals surface area contributed by atoms with Gasteiger partial charge in [0.15, 0.2) is 0 Å². The van der Waals surface area contributed by atoms with Crippen molar-refractivity contribution in [2.75, 3.05) is 0 Å². The lowest BCUT2D eigenvalue weighted by atomic mass is 10.1. The molecule has 1 heterocycles. The van der Waals surface area contributed by atoms with E-state index in [0.717, 1.165) is 12.8 Å². The minimum absolute atomic E-state index is 0.122. The molecule has 1 saturated carbocycles. The Bertz CT molecular complexity index is 439. The van der Waals surface area contributed by atoms with Gasteiger partial charge in [-0.05, 0) is 51.7 Å². The number of aromatic nitrogens is 1. The maximum atomic E-state index is 12.1. The standard InChI is InChI=1S/C14H22N2O2/c1-10-7-15-8-11(10)9-16-14(5-6-14)12(17)18-13(2,3)4/h7-8,15-16H,5-6,9H2,1-4H3. The van der Waals surface area contributed by atoms with E-state index in [1.807, 2.05) is 33.2 Å². The average molecular weight is 250 g/mol. The number of H-pyrrole nitrogens is 1. The lowest BCUT2D eigenvalue weighted by Crippen LogP contribution is -2.43. The summed E-state index contributed by atoms with van der Waals surface area (Å²) in [6, 6.07) is 0. The van der Waals surface area contributed by atoms with Crippen LogP contribution in [-0.2, 0) is 16.1 Å². The van der Waals surface area contributed by atoms with Gasteiger partial charge in [-0.2, -0.15) is 0 Å². The quantitative estimate of drug-likeness (QED) is 0.806. The molecule has 4 nitrogen and oxygen atoms in total. The summed E-state index contributed by atoms with van der Waals surface area (Å²) < 4.78 is 5.46. The third-order valence-corrected chi connectivity index (χ3v) is 3.22. The van der Waals surface area contributed by atoms with Crippen LogP contribution in [0, 0.1) is 6.92 Å². The fourth-order valence-corrected chi connectivity index (χ4v) is 1.88. The summed E-state index contributed by atoms with van der Waals surface area (Å²) in [6.45, 7) is 8.46. The molecule has 0 bridgehead atoms. The van der Waals surface area contributed by atoms with Gasteiger partial charge in [0.05, 0.1) is 0 Å². The second-order valence-corrected chi connectivity index (χ2v) is 6.10. The molecule has 4 heteroatoms. The van der Waals surface area contributed by atoms with Crippen LogP contribution in [0.1, 0.15) is 44.7 Å². The zero-order valence-corrected chi connectivity index (χ0v) is 11.6. The molecule has 0 aliphatic heterocycles. The van der Waals surface area contributed by atoms with E-state index >= 15 is 0 Å². The van der Waals surface area contributed by atoms with Gasteiger partial charge in [0.25, 0.3) is 0 Å². The Hall–Kier alpha value is -1.29. The molecule has 100 valence electrons. The van der Waals surface area contributed by atoms with E-state index in [9.17, 15) is 4.79 Å². The molecule has 1 fully saturated rings. The first-order valence-electron chi connectivity index (χ1n) is 6.43. The van der Waals surface area contributed by atoms with Crippen LogP contribution >= 0.6 is 0 Å². The highest BCUT2D eigenvalue weighted by molar-refractivity contribution is 5.84. The van der Waals surface area contributed by atoms with Crippen LogP contribution in [0.2, 0.25) is 0 Å². The van der Waals surface area contributed by atoms with E-state index in [2.05, 4.69) is 17.2 Å². The molecular weight excluding hydrogens is 228 g/mol. The minimum atomic E-state index is -0.447. The van der Waals surface area contributed by atoms with Crippen molar-refractivity contribution >= 4 is 5.97 Å². The third kappa shape index (κ3) is 2.93. The first-order valence-corrected chi connectivity index (χ1v) is 6.43. The molecule has 1 aliphatic carbocycles. The summed E-state index contributed by atoms with van der Waals surface area (Å²) in [5.41, 5.74) is 1.54. The van der Waals surface area contributed by atoms with Crippen LogP contribution in [0.3, 0.4) is 0 Å². The predicted octanol–water partition coefficient (Wildman–Crippen LogP) is 2.29. The van der Waals surface area contributed by atoms with E-state index < -0.39 is 11.1 Å². The Morgan fingerprint density at radius 3 is 2.56 bits per heavy atom. The van der Waals surface area contributed by atoms with Crippen molar-refractivity contribution in [2.45, 2.75) is 58.2 Å². The Labute approximate surface area is 108 Å². The van der Waals surface area contributed by atoms with E-state index in [4.69, 9.17) is 4.74 Å². The number of hydrogen-bond donors (Lipinski definition) is 2. The fourth-order valence-electron chi connectivity index (χ4n) is 1.88. The van der Waals surface area contributed by atoms with Gasteiger partial charge in [-0.1, -0.05) is 0 Å². The first kappa shape index (κ1) is 13.1. The van der Waals surface area contributed by atoms with Gasteiger partial charge in [0, 0.05) is 18.9 Å². The van der Waals surface area contributed by atoms with Crippen molar-refractivity contribution in [2.24, 2.45) is 0 Å². The van der Waals surface area contributed by atoms with Crippen LogP contribution in [0.5, 0.6) is 0 Å². The minimum Gasteiger partial charge on any atom is -0.459 e. The molecule has 0 aromatic carbocycles. The second kappa shape index (κ2) is 4.43. The molecule has 2 rings (SSSR count). The number of hydrogen-bond acceptors (Lipinski definition) is 3. The van der Waals surface area contributed by atoms with E-state index in [1.54, 1.807) is 0 Å². The van der Waals surface area contributed by atoms with Crippen LogP contribution < -0.4 is 5.32 Å². The summed E-state index contributed by atoms with van der Waals surface area (Å²) in [4.78, 5) is 15.2. The fraction of sp³-hybridized carbons (Fsp3) is 0.643. The summed E-state index contributed by atoms with van der Waals surface area (Å²) >= 11 is 0. The highest BCUT2D eigenvalue weighted by Gasteiger charge is 2.52. The maximum absolute atomic E-state index is 12.1. The lowest BCUT2D eigenvalue weighted by Gasteiger charge is -2.24. The zero-order valence-electron chi connectivity index (χ0n) is 11.6. The number of aromatic amines is 1. The lowest BCUT2D eigenvalue weighted by molar-refractivity contribution is -0.158. The topological polar surface area (TPSA) is 54.1 Å². The molecule has 1 aliphatic rings. The van der Waals surface area contributed by atoms with Crippen LogP contribution in [-0.4, -0.2) is 22.1 Å². The summed E-state index contributed by atoms with van der Waals surface area (Å²) in [7, 11) is 0. The first-order chi connectivity index (χ1) is 8.32. The van der Waals surface area contributed by atoms with Crippen molar-refractivity contribution in [1.82, 2.24) is 10.3 Å². The van der Waals surface area contributed by atoms with E-state index in [-0.39, 0.29) is 5.97 Å². The normalized spacial score (nSPS) is 17.6. The summed E-state index contributed by atoms with van der Waals surface area (Å²) in [5.74, 6) is -0.122. The molecule has 1 aromatic rings. The van der Waals surface area contributed by atoms with Crippen molar-refractivity contribution in [1.29, 1.82) is 0 Å². The van der Waals surface area contributed by atoms with Crippen molar-refractivity contribution in [3.63, 3.8) is 0 Å². The maximum Gasteiger partial charge on any atom is 0.326 e. The number of esters is 1. The molecule has 0 radical (unpaired) electrons. The Kier molecular flexibility index (Phi) is 3.23. The van der Waals surface area contributed by atoms with Crippen LogP contribution in [0.25, 0.3) is 0 Å². The second-order valence-electron chi connectivity index (χ2n) is 6.10. The largest absolute Gasteiger partial charge is 0.459 e. The number of ether oxygens (including phenoxy) is 1. The Balaban J connectivity index is 1.93. The van der Waals surface area contributed by atoms with E-state index in [0.29, 0.717) is 6.54 Å². The smallest absolute Gasteiger partial charge is 0.326 e.